The molecule has 1 aliphatic rings. The smallest absolute Gasteiger partial charge is 0.267 e. The van der Waals surface area contributed by atoms with Crippen LogP contribution in [0.2, 0.25) is 0 Å². The number of carbonyl (C=O) groups is 2. The number of nitrogens with one attached hydrogen (secondary N) is 1. The van der Waals surface area contributed by atoms with E-state index in [1.54, 1.807) is 0 Å². The number of alkyl halides is 1. The predicted octanol–water partition coefficient (Wildman–Crippen LogP) is 2.22. The number of dihydropyridines is 1. The summed E-state index contributed by atoms with van der Waals surface area (Å²) in [5.74, 6) is 0.783. The van der Waals surface area contributed by atoms with Gasteiger partial charge in [-0.15, -0.1) is 11.6 Å². The lowest BCUT2D eigenvalue weighted by Crippen LogP contribution is -2.31. The summed E-state index contributed by atoms with van der Waals surface area (Å²) in [7, 11) is 0. The van der Waals surface area contributed by atoms with E-state index in [0.29, 0.717) is 0 Å². The molecule has 2 unspecified atom stereocenters. The van der Waals surface area contributed by atoms with Gasteiger partial charge in [0, 0.05) is 11.8 Å². The van der Waals surface area contributed by atoms with Crippen LogP contribution in [0.3, 0.4) is 0 Å². The third-order valence-electron chi connectivity index (χ3n) is 3.05. The van der Waals surface area contributed by atoms with Crippen molar-refractivity contribution in [3.63, 3.8) is 0 Å². The van der Waals surface area contributed by atoms with Crippen LogP contribution in [0.15, 0.2) is 27.1 Å². The van der Waals surface area contributed by atoms with E-state index in [0.717, 1.165) is 17.1 Å². The Morgan fingerprint density at radius 2 is 2.20 bits per heavy atom. The molecule has 0 saturated heterocycles. The number of furan rings is 1. The molecule has 0 fully saturated rings. The Bertz CT molecular complexity index is 616. The Hall–Kier alpha value is -1.88. The quantitative estimate of drug-likeness (QED) is 0.869. The molecule has 0 bridgehead atoms. The van der Waals surface area contributed by atoms with Gasteiger partial charge in [-0.1, -0.05) is 0 Å². The minimum Gasteiger partial charge on any atom is -0.466 e. The maximum Gasteiger partial charge on any atom is 0.267 e. The molecular formula is C14H15ClN2O3. The van der Waals surface area contributed by atoms with Crippen molar-refractivity contribution in [2.24, 2.45) is 4.99 Å². The van der Waals surface area contributed by atoms with E-state index in [1.807, 2.05) is 26.8 Å². The zero-order valence-electron chi connectivity index (χ0n) is 11.4. The first-order chi connectivity index (χ1) is 9.38. The summed E-state index contributed by atoms with van der Waals surface area (Å²) in [5, 5.41) is 1.95. The summed E-state index contributed by atoms with van der Waals surface area (Å²) >= 11 is 5.75. The predicted molar refractivity (Wildman–Crippen MR) is 76.0 cm³/mol. The van der Waals surface area contributed by atoms with Crippen LogP contribution in [0.1, 0.15) is 30.0 Å². The topological polar surface area (TPSA) is 71.7 Å². The van der Waals surface area contributed by atoms with Crippen LogP contribution in [-0.2, 0) is 9.59 Å². The van der Waals surface area contributed by atoms with E-state index in [4.69, 9.17) is 16.0 Å². The summed E-state index contributed by atoms with van der Waals surface area (Å²) in [6, 6.07) is 1.68. The summed E-state index contributed by atoms with van der Waals surface area (Å²) in [6.45, 7) is 5.56. The van der Waals surface area contributed by atoms with E-state index < -0.39 is 11.3 Å². The maximum absolute atomic E-state index is 12.1. The molecule has 0 aliphatic carbocycles. The van der Waals surface area contributed by atoms with Crippen molar-refractivity contribution in [1.29, 1.82) is 0 Å². The largest absolute Gasteiger partial charge is 0.466 e. The number of carbonyl (C=O) groups excluding carboxylic acids is 2. The van der Waals surface area contributed by atoms with Gasteiger partial charge in [-0.3, -0.25) is 9.59 Å². The Morgan fingerprint density at radius 3 is 2.75 bits per heavy atom. The molecule has 0 spiro atoms. The average Bonchev–Trinajstić information content (AvgIpc) is 2.71. The Balaban J connectivity index is 2.09. The van der Waals surface area contributed by atoms with Gasteiger partial charge >= 0.3 is 0 Å². The van der Waals surface area contributed by atoms with Gasteiger partial charge in [-0.25, -0.2) is 4.99 Å². The van der Waals surface area contributed by atoms with Crippen LogP contribution < -0.4 is 5.32 Å². The third kappa shape index (κ3) is 2.99. The van der Waals surface area contributed by atoms with Crippen LogP contribution >= 0.6 is 11.6 Å². The van der Waals surface area contributed by atoms with E-state index in [2.05, 4.69) is 10.3 Å². The van der Waals surface area contributed by atoms with Crippen LogP contribution in [0, 0.1) is 13.8 Å². The van der Waals surface area contributed by atoms with Gasteiger partial charge in [0.05, 0.1) is 11.6 Å². The monoisotopic (exact) mass is 294 g/mol. The Labute approximate surface area is 121 Å². The van der Waals surface area contributed by atoms with Gasteiger partial charge in [-0.05, 0) is 32.9 Å². The van der Waals surface area contributed by atoms with Crippen molar-refractivity contribution >= 4 is 29.6 Å². The van der Waals surface area contributed by atoms with Gasteiger partial charge in [0.2, 0.25) is 0 Å². The van der Waals surface area contributed by atoms with Gasteiger partial charge in [0.25, 0.3) is 11.8 Å². The fourth-order valence-electron chi connectivity index (χ4n) is 2.05. The maximum atomic E-state index is 12.1. The number of hydrogen-bond acceptors (Lipinski definition) is 3. The molecule has 1 aromatic heterocycles. The molecule has 6 heteroatoms. The minimum atomic E-state index is -0.881. The number of rotatable bonds is 3. The molecule has 106 valence electrons. The lowest BCUT2D eigenvalue weighted by atomic mass is 10.1. The average molecular weight is 295 g/mol. The number of hydrogen-bond donors (Lipinski definition) is 1. The van der Waals surface area contributed by atoms with Crippen molar-refractivity contribution in [2.75, 3.05) is 0 Å². The lowest BCUT2D eigenvalue weighted by molar-refractivity contribution is -0.117. The minimum absolute atomic E-state index is 0.208. The highest BCUT2D eigenvalue weighted by atomic mass is 35.5. The summed E-state index contributed by atoms with van der Waals surface area (Å²) in [4.78, 5) is 26.8. The van der Waals surface area contributed by atoms with E-state index in [1.165, 1.54) is 12.3 Å². The molecule has 2 rings (SSSR count). The zero-order chi connectivity index (χ0) is 14.9. The Morgan fingerprint density at radius 1 is 1.50 bits per heavy atom. The highest BCUT2D eigenvalue weighted by molar-refractivity contribution is 6.35. The fourth-order valence-corrected chi connectivity index (χ4v) is 2.24. The number of aliphatic imine (C=N–C) groups is 1. The molecule has 20 heavy (non-hydrogen) atoms. The molecule has 0 radical (unpaired) electrons. The van der Waals surface area contributed by atoms with E-state index in [-0.39, 0.29) is 17.5 Å². The number of halogens is 1. The summed E-state index contributed by atoms with van der Waals surface area (Å²) < 4.78 is 5.44. The third-order valence-corrected chi connectivity index (χ3v) is 3.36. The first-order valence-corrected chi connectivity index (χ1v) is 6.63. The van der Waals surface area contributed by atoms with Crippen molar-refractivity contribution in [3.8, 4) is 0 Å². The van der Waals surface area contributed by atoms with Gasteiger partial charge in [0.15, 0.2) is 0 Å². The lowest BCUT2D eigenvalue weighted by Gasteiger charge is -2.15. The second-order valence-electron chi connectivity index (χ2n) is 4.68. The summed E-state index contributed by atoms with van der Waals surface area (Å²) in [6.07, 6.45) is 2.63. The standard InChI is InChI=1S/C14H15ClN2O3/c1-7-4-11(9(3)20-7)8(2)17-13(18)10-5-12(15)14(19)16-6-10/h4-6,8,12H,1-3H3,(H,17,18). The number of nitrogens with zero attached hydrogens (tertiary/aromatic N) is 1. The normalized spacial score (nSPS) is 19.7. The molecule has 1 N–H and O–H groups in total. The van der Waals surface area contributed by atoms with Crippen molar-refractivity contribution in [1.82, 2.24) is 5.32 Å². The van der Waals surface area contributed by atoms with Gasteiger partial charge in [0.1, 0.15) is 16.9 Å². The molecule has 1 aromatic rings. The molecule has 0 aromatic carbocycles. The molecule has 2 heterocycles. The van der Waals surface area contributed by atoms with Crippen LogP contribution in [0.4, 0.5) is 0 Å². The fraction of sp³-hybridized carbons (Fsp3) is 0.357. The van der Waals surface area contributed by atoms with Crippen molar-refractivity contribution in [2.45, 2.75) is 32.2 Å². The molecule has 1 aliphatic heterocycles. The van der Waals surface area contributed by atoms with Crippen molar-refractivity contribution < 1.29 is 14.0 Å². The second kappa shape index (κ2) is 5.63. The molecule has 2 atom stereocenters. The van der Waals surface area contributed by atoms with Crippen LogP contribution in [-0.4, -0.2) is 23.4 Å². The van der Waals surface area contributed by atoms with E-state index >= 15 is 0 Å². The Kier molecular flexibility index (Phi) is 4.09. The second-order valence-corrected chi connectivity index (χ2v) is 5.15. The SMILES string of the molecule is Cc1cc(C(C)NC(=O)C2=CC(Cl)C(=O)N=C2)c(C)o1. The van der Waals surface area contributed by atoms with Crippen LogP contribution in [0.25, 0.3) is 0 Å². The molecule has 5 nitrogen and oxygen atoms in total. The zero-order valence-corrected chi connectivity index (χ0v) is 12.2. The molecular weight excluding hydrogens is 280 g/mol. The van der Waals surface area contributed by atoms with E-state index in [9.17, 15) is 9.59 Å². The number of amides is 2. The number of aryl methyl sites for hydroxylation is 2. The van der Waals surface area contributed by atoms with Crippen LogP contribution in [0.5, 0.6) is 0 Å². The van der Waals surface area contributed by atoms with Gasteiger partial charge < -0.3 is 9.73 Å². The van der Waals surface area contributed by atoms with Gasteiger partial charge in [-0.2, -0.15) is 0 Å². The molecule has 2 amide bonds. The van der Waals surface area contributed by atoms with Crippen molar-refractivity contribution in [3.05, 3.63) is 34.8 Å². The first-order valence-electron chi connectivity index (χ1n) is 6.20. The highest BCUT2D eigenvalue weighted by Gasteiger charge is 2.22. The highest BCUT2D eigenvalue weighted by Crippen LogP contribution is 2.21. The molecule has 0 saturated carbocycles. The first kappa shape index (κ1) is 14.5. The summed E-state index contributed by atoms with van der Waals surface area (Å²) in [5.41, 5.74) is 1.21.